The van der Waals surface area contributed by atoms with E-state index < -0.39 is 10.0 Å². The van der Waals surface area contributed by atoms with Crippen LogP contribution in [0.4, 0.5) is 0 Å². The van der Waals surface area contributed by atoms with Gasteiger partial charge >= 0.3 is 0 Å². The van der Waals surface area contributed by atoms with Crippen LogP contribution in [0, 0.1) is 6.92 Å². The number of hydrogen-bond donors (Lipinski definition) is 0. The Hall–Kier alpha value is -0.580. The van der Waals surface area contributed by atoms with Gasteiger partial charge in [0.15, 0.2) is 0 Å². The summed E-state index contributed by atoms with van der Waals surface area (Å²) >= 11 is 5.36. The van der Waals surface area contributed by atoms with Gasteiger partial charge in [-0.3, -0.25) is 0 Å². The number of halogens is 1. The molecule has 0 saturated carbocycles. The van der Waals surface area contributed by atoms with Crippen LogP contribution in [-0.2, 0) is 16.6 Å². The summed E-state index contributed by atoms with van der Waals surface area (Å²) in [6.07, 6.45) is 0. The molecular weight excluding hydrogens is 234 g/mol. The van der Waals surface area contributed by atoms with E-state index in [4.69, 9.17) is 11.6 Å². The fourth-order valence-corrected chi connectivity index (χ4v) is 2.21. The van der Waals surface area contributed by atoms with Gasteiger partial charge in [-0.25, -0.2) is 8.42 Å². The van der Waals surface area contributed by atoms with E-state index in [1.54, 1.807) is 0 Å². The summed E-state index contributed by atoms with van der Waals surface area (Å²) in [5, 5.41) is -0.380. The Bertz CT molecular complexity index is 431. The molecule has 0 fully saturated rings. The Kier molecular flexibility index (Phi) is 4.13. The summed E-state index contributed by atoms with van der Waals surface area (Å²) in [4.78, 5) is 0. The van der Waals surface area contributed by atoms with Crippen LogP contribution in [0.3, 0.4) is 0 Å². The number of alkyl halides is 1. The predicted octanol–water partition coefficient (Wildman–Crippen LogP) is 1.95. The number of rotatable bonds is 4. The monoisotopic (exact) mass is 247 g/mol. The van der Waals surface area contributed by atoms with Crippen LogP contribution in [0.2, 0.25) is 0 Å². The average Bonchev–Trinajstić information content (AvgIpc) is 2.21. The fourth-order valence-electron chi connectivity index (χ4n) is 1.21. The molecule has 1 aromatic carbocycles. The summed E-state index contributed by atoms with van der Waals surface area (Å²) in [7, 11) is -1.78. The van der Waals surface area contributed by atoms with Crippen molar-refractivity contribution in [3.63, 3.8) is 0 Å². The molecule has 84 valence electrons. The highest BCUT2D eigenvalue weighted by molar-refractivity contribution is 7.90. The molecule has 0 bridgehead atoms. The molecular formula is C10H14ClNO2S. The first-order chi connectivity index (χ1) is 6.97. The summed E-state index contributed by atoms with van der Waals surface area (Å²) < 4.78 is 24.1. The number of hydrogen-bond acceptors (Lipinski definition) is 2. The summed E-state index contributed by atoms with van der Waals surface area (Å²) in [6, 6.07) is 7.68. The number of aryl methyl sites for hydroxylation is 1. The molecule has 0 N–H and O–H groups in total. The lowest BCUT2D eigenvalue weighted by atomic mass is 10.1. The van der Waals surface area contributed by atoms with E-state index in [9.17, 15) is 8.42 Å². The van der Waals surface area contributed by atoms with Crippen molar-refractivity contribution in [2.24, 2.45) is 0 Å². The molecule has 3 nitrogen and oxygen atoms in total. The van der Waals surface area contributed by atoms with Gasteiger partial charge in [-0.1, -0.05) is 24.3 Å². The van der Waals surface area contributed by atoms with Crippen molar-refractivity contribution in [2.45, 2.75) is 13.5 Å². The molecule has 0 unspecified atom stereocenters. The second-order valence-electron chi connectivity index (χ2n) is 3.40. The molecule has 0 aromatic heterocycles. The van der Waals surface area contributed by atoms with Crippen molar-refractivity contribution < 1.29 is 8.42 Å². The van der Waals surface area contributed by atoms with Crippen LogP contribution in [0.15, 0.2) is 24.3 Å². The van der Waals surface area contributed by atoms with Gasteiger partial charge in [0.05, 0.1) is 0 Å². The standard InChI is InChI=1S/C10H14ClNO2S/c1-9-5-3-4-6-10(9)7-12(2)15(13,14)8-11/h3-6H,7-8H2,1-2H3. The molecule has 0 aliphatic carbocycles. The molecule has 15 heavy (non-hydrogen) atoms. The van der Waals surface area contributed by atoms with Crippen LogP contribution in [0.5, 0.6) is 0 Å². The maximum absolute atomic E-state index is 11.4. The van der Waals surface area contributed by atoms with Gasteiger partial charge in [0.1, 0.15) is 5.21 Å². The van der Waals surface area contributed by atoms with Crippen molar-refractivity contribution >= 4 is 21.6 Å². The average molecular weight is 248 g/mol. The quantitative estimate of drug-likeness (QED) is 0.763. The van der Waals surface area contributed by atoms with E-state index in [2.05, 4.69) is 0 Å². The van der Waals surface area contributed by atoms with Gasteiger partial charge in [0, 0.05) is 13.6 Å². The lowest BCUT2D eigenvalue weighted by molar-refractivity contribution is 0.470. The van der Waals surface area contributed by atoms with Gasteiger partial charge in [-0.2, -0.15) is 4.31 Å². The Morgan fingerprint density at radius 1 is 1.33 bits per heavy atom. The Balaban J connectivity index is 2.84. The molecule has 5 heteroatoms. The van der Waals surface area contributed by atoms with Gasteiger partial charge in [-0.15, -0.1) is 11.6 Å². The Labute approximate surface area is 95.7 Å². The van der Waals surface area contributed by atoms with Gasteiger partial charge in [-0.05, 0) is 18.1 Å². The summed E-state index contributed by atoms with van der Waals surface area (Å²) in [5.41, 5.74) is 2.07. The molecule has 1 aromatic rings. The second kappa shape index (κ2) is 4.96. The molecule has 0 radical (unpaired) electrons. The zero-order valence-electron chi connectivity index (χ0n) is 8.77. The molecule has 1 rings (SSSR count). The van der Waals surface area contributed by atoms with Crippen molar-refractivity contribution in [2.75, 3.05) is 12.3 Å². The molecule has 0 aliphatic rings. The molecule has 0 spiro atoms. The maximum atomic E-state index is 11.4. The van der Waals surface area contributed by atoms with Crippen molar-refractivity contribution in [3.8, 4) is 0 Å². The van der Waals surface area contributed by atoms with Crippen molar-refractivity contribution in [1.29, 1.82) is 0 Å². The lowest BCUT2D eigenvalue weighted by Crippen LogP contribution is -2.27. The van der Waals surface area contributed by atoms with E-state index >= 15 is 0 Å². The zero-order valence-corrected chi connectivity index (χ0v) is 10.3. The fraction of sp³-hybridized carbons (Fsp3) is 0.400. The van der Waals surface area contributed by atoms with Crippen LogP contribution < -0.4 is 0 Å². The SMILES string of the molecule is Cc1ccccc1CN(C)S(=O)(=O)CCl. The topological polar surface area (TPSA) is 37.4 Å². The van der Waals surface area contributed by atoms with E-state index in [1.807, 2.05) is 31.2 Å². The van der Waals surface area contributed by atoms with Crippen LogP contribution in [0.25, 0.3) is 0 Å². The smallest absolute Gasteiger partial charge is 0.211 e. The van der Waals surface area contributed by atoms with Crippen molar-refractivity contribution in [1.82, 2.24) is 4.31 Å². The third-order valence-corrected chi connectivity index (χ3v) is 4.45. The highest BCUT2D eigenvalue weighted by atomic mass is 35.5. The highest BCUT2D eigenvalue weighted by Gasteiger charge is 2.16. The van der Waals surface area contributed by atoms with E-state index in [0.29, 0.717) is 6.54 Å². The van der Waals surface area contributed by atoms with E-state index in [0.717, 1.165) is 11.1 Å². The molecule has 0 heterocycles. The summed E-state index contributed by atoms with van der Waals surface area (Å²) in [6.45, 7) is 2.32. The number of benzene rings is 1. The molecule has 0 atom stereocenters. The molecule has 0 amide bonds. The first kappa shape index (κ1) is 12.5. The molecule has 0 saturated heterocycles. The molecule has 0 aliphatic heterocycles. The Morgan fingerprint density at radius 3 is 2.47 bits per heavy atom. The van der Waals surface area contributed by atoms with Gasteiger partial charge in [0.2, 0.25) is 10.0 Å². The summed E-state index contributed by atoms with van der Waals surface area (Å²) in [5.74, 6) is 0. The highest BCUT2D eigenvalue weighted by Crippen LogP contribution is 2.12. The maximum Gasteiger partial charge on any atom is 0.228 e. The van der Waals surface area contributed by atoms with Crippen LogP contribution >= 0.6 is 11.6 Å². The number of nitrogens with zero attached hydrogens (tertiary/aromatic N) is 1. The van der Waals surface area contributed by atoms with Crippen LogP contribution in [0.1, 0.15) is 11.1 Å². The van der Waals surface area contributed by atoms with Gasteiger partial charge < -0.3 is 0 Å². The van der Waals surface area contributed by atoms with Crippen LogP contribution in [-0.4, -0.2) is 25.0 Å². The van der Waals surface area contributed by atoms with Crippen molar-refractivity contribution in [3.05, 3.63) is 35.4 Å². The zero-order chi connectivity index (χ0) is 11.5. The minimum absolute atomic E-state index is 0.363. The van der Waals surface area contributed by atoms with E-state index in [1.165, 1.54) is 11.4 Å². The third-order valence-electron chi connectivity index (χ3n) is 2.27. The minimum atomic E-state index is -3.31. The first-order valence-corrected chi connectivity index (χ1v) is 6.66. The largest absolute Gasteiger partial charge is 0.228 e. The Morgan fingerprint density at radius 2 is 1.93 bits per heavy atom. The third kappa shape index (κ3) is 3.19. The normalized spacial score (nSPS) is 12.0. The number of sulfonamides is 1. The lowest BCUT2D eigenvalue weighted by Gasteiger charge is -2.16. The van der Waals surface area contributed by atoms with Gasteiger partial charge in [0.25, 0.3) is 0 Å². The first-order valence-electron chi connectivity index (χ1n) is 4.52. The minimum Gasteiger partial charge on any atom is -0.211 e. The predicted molar refractivity (Wildman–Crippen MR) is 62.3 cm³/mol. The van der Waals surface area contributed by atoms with E-state index in [-0.39, 0.29) is 5.21 Å². The second-order valence-corrected chi connectivity index (χ2v) is 6.06.